The van der Waals surface area contributed by atoms with Gasteiger partial charge in [0.05, 0.1) is 53.4 Å². The van der Waals surface area contributed by atoms with Crippen LogP contribution in [0.5, 0.6) is 0 Å². The average molecular weight is 789 g/mol. The molecule has 0 rings (SSSR count). The molecule has 0 saturated heterocycles. The van der Waals surface area contributed by atoms with Gasteiger partial charge in [0.25, 0.3) is 0 Å². The van der Waals surface area contributed by atoms with E-state index in [4.69, 9.17) is 0 Å². The molecule has 2 unspecified atom stereocenters. The van der Waals surface area contributed by atoms with Crippen molar-refractivity contribution in [3.8, 4) is 0 Å². The first-order valence-corrected chi connectivity index (χ1v) is 25.4. The Bertz CT molecular complexity index is 769. The van der Waals surface area contributed by atoms with Gasteiger partial charge in [-0.1, -0.05) is 141 Å². The summed E-state index contributed by atoms with van der Waals surface area (Å²) >= 11 is 0. The molecule has 0 fully saturated rings. The number of hydrogen-bond donors (Lipinski definition) is 0. The third-order valence-electron chi connectivity index (χ3n) is 12.7. The Labute approximate surface area is 355 Å². The second-order valence-electron chi connectivity index (χ2n) is 19.5. The lowest BCUT2D eigenvalue weighted by Gasteiger charge is -2.37. The van der Waals surface area contributed by atoms with E-state index in [-0.39, 0.29) is 0 Å². The first-order valence-electron chi connectivity index (χ1n) is 25.4. The molecule has 0 aromatic heterocycles. The van der Waals surface area contributed by atoms with Crippen LogP contribution >= 0.6 is 0 Å². The van der Waals surface area contributed by atoms with Crippen LogP contribution in [0.4, 0.5) is 0 Å². The molecule has 2 atom stereocenters. The topological polar surface area (TPSA) is 6.48 Å². The van der Waals surface area contributed by atoms with E-state index in [1.54, 1.807) is 0 Å². The number of quaternary nitrogens is 2. The molecule has 0 heterocycles. The molecule has 334 valence electrons. The van der Waals surface area contributed by atoms with Crippen molar-refractivity contribution < 1.29 is 8.97 Å². The highest BCUT2D eigenvalue weighted by molar-refractivity contribution is 4.82. The van der Waals surface area contributed by atoms with Crippen molar-refractivity contribution >= 4 is 0 Å². The summed E-state index contributed by atoms with van der Waals surface area (Å²) in [6, 6.07) is 0. The molecule has 0 aliphatic carbocycles. The highest BCUT2D eigenvalue weighted by Crippen LogP contribution is 2.17. The Balaban J connectivity index is 4.44. The smallest absolute Gasteiger partial charge is 0.0796 e. The lowest BCUT2D eigenvalue weighted by Crippen LogP contribution is -2.49. The number of hydrogen-bond acceptors (Lipinski definition) is 2. The minimum Gasteiger partial charge on any atom is -0.326 e. The molecule has 0 N–H and O–H groups in total. The molecule has 4 nitrogen and oxygen atoms in total. The molecular weight excluding hydrogens is 681 g/mol. The van der Waals surface area contributed by atoms with Crippen LogP contribution in [0.15, 0.2) is 24.3 Å². The van der Waals surface area contributed by atoms with Crippen molar-refractivity contribution in [2.24, 2.45) is 0 Å². The number of allylic oxidation sites excluding steroid dienone is 4. The fourth-order valence-corrected chi connectivity index (χ4v) is 8.68. The molecule has 0 aromatic rings. The maximum absolute atomic E-state index is 2.59. The van der Waals surface area contributed by atoms with E-state index in [9.17, 15) is 0 Å². The fraction of sp³-hybridized carbons (Fsp3) is 0.923. The van der Waals surface area contributed by atoms with Crippen molar-refractivity contribution in [2.45, 2.75) is 219 Å². The van der Waals surface area contributed by atoms with Gasteiger partial charge < -0.3 is 18.8 Å². The Morgan fingerprint density at radius 2 is 0.500 bits per heavy atom. The largest absolute Gasteiger partial charge is 0.326 e. The van der Waals surface area contributed by atoms with Crippen molar-refractivity contribution in [1.29, 1.82) is 0 Å². The van der Waals surface area contributed by atoms with Crippen LogP contribution in [0.25, 0.3) is 0 Å². The number of rotatable bonds is 45. The van der Waals surface area contributed by atoms with E-state index in [1.807, 2.05) is 0 Å². The molecule has 0 radical (unpaired) electrons. The molecule has 0 aliphatic heterocycles. The molecular formula is C52H108N4+2. The zero-order valence-corrected chi connectivity index (χ0v) is 40.4. The maximum atomic E-state index is 2.59. The Morgan fingerprint density at radius 3 is 0.768 bits per heavy atom. The summed E-state index contributed by atoms with van der Waals surface area (Å²) < 4.78 is 2.58. The van der Waals surface area contributed by atoms with Gasteiger partial charge in [-0.2, -0.15) is 0 Å². The van der Waals surface area contributed by atoms with Gasteiger partial charge in [-0.3, -0.25) is 0 Å². The molecule has 56 heavy (non-hydrogen) atoms. The summed E-state index contributed by atoms with van der Waals surface area (Å²) in [6.07, 6.45) is 54.3. The lowest BCUT2D eigenvalue weighted by molar-refractivity contribution is -0.916. The van der Waals surface area contributed by atoms with E-state index in [1.165, 1.54) is 267 Å². The van der Waals surface area contributed by atoms with E-state index >= 15 is 0 Å². The van der Waals surface area contributed by atoms with E-state index in [0.29, 0.717) is 0 Å². The lowest BCUT2D eigenvalue weighted by atomic mass is 10.1. The van der Waals surface area contributed by atoms with Crippen LogP contribution < -0.4 is 0 Å². The SMILES string of the molecule is CCCCCCCC/C=C\CCCCCCCC[N+](C)(CCCC[N+](C)(CCCCCCCC/C=C/CCCCCCCC)CCCN(C)C)CCCN(C)C. The summed E-state index contributed by atoms with van der Waals surface area (Å²) in [5, 5.41) is 0. The highest BCUT2D eigenvalue weighted by Gasteiger charge is 2.24. The Morgan fingerprint density at radius 1 is 0.286 bits per heavy atom. The zero-order chi connectivity index (χ0) is 41.3. The Kier molecular flexibility index (Phi) is 40.6. The predicted octanol–water partition coefficient (Wildman–Crippen LogP) is 14.6. The van der Waals surface area contributed by atoms with Crippen LogP contribution in [-0.2, 0) is 0 Å². The summed E-state index contributed by atoms with van der Waals surface area (Å²) in [5.41, 5.74) is 0. The standard InChI is InChI=1S/C52H108N4/c1-9-11-13-15-17-19-21-23-25-27-29-31-33-35-37-39-47-55(7,51-43-45-53(3)4)49-41-42-50-56(8,52-44-46-54(5)6)48-40-38-36-34-32-30-28-26-24-22-20-18-16-14-12-10-2/h23-26H,9-22,27-52H2,1-8H3/q+2/b25-23-,26-24+. The monoisotopic (exact) mass is 789 g/mol. The minimum absolute atomic E-state index is 1.22. The molecule has 0 saturated carbocycles. The summed E-state index contributed by atoms with van der Waals surface area (Å²) in [6.45, 7) is 15.2. The molecule has 0 spiro atoms. The van der Waals surface area contributed by atoms with Crippen molar-refractivity contribution in [3.05, 3.63) is 24.3 Å². The molecule has 0 amide bonds. The number of nitrogens with zero attached hydrogens (tertiary/aromatic N) is 4. The van der Waals surface area contributed by atoms with Crippen LogP contribution in [0.3, 0.4) is 0 Å². The second-order valence-corrected chi connectivity index (χ2v) is 19.5. The molecule has 0 aromatic carbocycles. The molecule has 0 bridgehead atoms. The third kappa shape index (κ3) is 40.1. The van der Waals surface area contributed by atoms with Crippen molar-refractivity contribution in [3.63, 3.8) is 0 Å². The average Bonchev–Trinajstić information content (AvgIpc) is 3.16. The van der Waals surface area contributed by atoms with Gasteiger partial charge >= 0.3 is 0 Å². The van der Waals surface area contributed by atoms with E-state index in [0.717, 1.165) is 0 Å². The van der Waals surface area contributed by atoms with Crippen LogP contribution in [0, 0.1) is 0 Å². The van der Waals surface area contributed by atoms with Crippen molar-refractivity contribution in [2.75, 3.05) is 94.6 Å². The minimum atomic E-state index is 1.22. The van der Waals surface area contributed by atoms with Crippen LogP contribution in [-0.4, -0.2) is 113 Å². The normalized spacial score (nSPS) is 14.5. The van der Waals surface area contributed by atoms with Gasteiger partial charge in [-0.05, 0) is 105 Å². The van der Waals surface area contributed by atoms with Gasteiger partial charge in [0.2, 0.25) is 0 Å². The molecule has 0 aliphatic rings. The third-order valence-corrected chi connectivity index (χ3v) is 12.7. The van der Waals surface area contributed by atoms with Gasteiger partial charge in [0, 0.05) is 38.8 Å². The van der Waals surface area contributed by atoms with E-state index in [2.05, 4.69) is 90.2 Å². The second kappa shape index (κ2) is 41.1. The summed E-state index contributed by atoms with van der Waals surface area (Å²) in [4.78, 5) is 4.75. The first kappa shape index (κ1) is 55.3. The fourth-order valence-electron chi connectivity index (χ4n) is 8.68. The number of unbranched alkanes of at least 4 members (excludes halogenated alkanes) is 25. The van der Waals surface area contributed by atoms with Gasteiger partial charge in [0.1, 0.15) is 0 Å². The van der Waals surface area contributed by atoms with E-state index < -0.39 is 0 Å². The highest BCUT2D eigenvalue weighted by atomic mass is 15.3. The predicted molar refractivity (Wildman–Crippen MR) is 256 cm³/mol. The first-order chi connectivity index (χ1) is 27.2. The summed E-state index contributed by atoms with van der Waals surface area (Å²) in [5.74, 6) is 0. The van der Waals surface area contributed by atoms with Gasteiger partial charge in [0.15, 0.2) is 0 Å². The maximum Gasteiger partial charge on any atom is 0.0796 e. The van der Waals surface area contributed by atoms with Crippen LogP contribution in [0.2, 0.25) is 0 Å². The Hall–Kier alpha value is -0.680. The zero-order valence-electron chi connectivity index (χ0n) is 40.4. The van der Waals surface area contributed by atoms with Crippen molar-refractivity contribution in [1.82, 2.24) is 9.80 Å². The van der Waals surface area contributed by atoms with Gasteiger partial charge in [-0.25, -0.2) is 0 Å². The quantitative estimate of drug-likeness (QED) is 0.0344. The molecule has 4 heteroatoms. The van der Waals surface area contributed by atoms with Crippen LogP contribution in [0.1, 0.15) is 219 Å². The summed E-state index contributed by atoms with van der Waals surface area (Å²) in [7, 11) is 14.1. The van der Waals surface area contributed by atoms with Gasteiger partial charge in [-0.15, -0.1) is 0 Å².